The van der Waals surface area contributed by atoms with E-state index in [1.165, 1.54) is 0 Å². The zero-order valence-corrected chi connectivity index (χ0v) is 13.2. The standard InChI is InChI=1S/C15H17BrN2O2/c1-9-8-10(2)18-11-5-6-12(15(16)14(9)11)20-7-3-4-13(17)19/h5-6,8H,3-4,7H2,1-2H3,(H2,17,19). The maximum atomic E-state index is 10.7. The van der Waals surface area contributed by atoms with Crippen LogP contribution in [-0.4, -0.2) is 17.5 Å². The minimum Gasteiger partial charge on any atom is -0.492 e. The Bertz CT molecular complexity index is 656. The number of fused-ring (bicyclic) bond motifs is 1. The number of primary amides is 1. The quantitative estimate of drug-likeness (QED) is 0.852. The number of aromatic nitrogens is 1. The van der Waals surface area contributed by atoms with Gasteiger partial charge in [0.15, 0.2) is 0 Å². The van der Waals surface area contributed by atoms with Gasteiger partial charge in [0.1, 0.15) is 5.75 Å². The summed E-state index contributed by atoms with van der Waals surface area (Å²) in [5, 5.41) is 1.06. The van der Waals surface area contributed by atoms with Crippen LogP contribution in [0.3, 0.4) is 0 Å². The van der Waals surface area contributed by atoms with E-state index in [0.717, 1.165) is 32.4 Å². The van der Waals surface area contributed by atoms with E-state index in [-0.39, 0.29) is 5.91 Å². The molecule has 0 radical (unpaired) electrons. The van der Waals surface area contributed by atoms with Gasteiger partial charge in [-0.05, 0) is 60.0 Å². The van der Waals surface area contributed by atoms with Crippen LogP contribution in [0.15, 0.2) is 22.7 Å². The molecule has 20 heavy (non-hydrogen) atoms. The maximum Gasteiger partial charge on any atom is 0.217 e. The van der Waals surface area contributed by atoms with E-state index in [4.69, 9.17) is 10.5 Å². The number of rotatable bonds is 5. The number of carbonyl (C=O) groups excluding carboxylic acids is 1. The Morgan fingerprint density at radius 1 is 1.40 bits per heavy atom. The van der Waals surface area contributed by atoms with E-state index in [9.17, 15) is 4.79 Å². The molecule has 0 bridgehead atoms. The van der Waals surface area contributed by atoms with Crippen molar-refractivity contribution in [2.24, 2.45) is 5.73 Å². The highest BCUT2D eigenvalue weighted by atomic mass is 79.9. The van der Waals surface area contributed by atoms with Crippen molar-refractivity contribution >= 4 is 32.7 Å². The number of pyridine rings is 1. The summed E-state index contributed by atoms with van der Waals surface area (Å²) in [6, 6.07) is 5.88. The number of ether oxygens (including phenoxy) is 1. The van der Waals surface area contributed by atoms with Crippen LogP contribution in [0.5, 0.6) is 5.75 Å². The molecule has 4 nitrogen and oxygen atoms in total. The topological polar surface area (TPSA) is 65.2 Å². The molecule has 5 heteroatoms. The molecule has 1 amide bonds. The summed E-state index contributed by atoms with van der Waals surface area (Å²) < 4.78 is 6.60. The lowest BCUT2D eigenvalue weighted by Gasteiger charge is -2.12. The molecule has 0 saturated heterocycles. The van der Waals surface area contributed by atoms with Crippen LogP contribution in [0.25, 0.3) is 10.9 Å². The molecule has 2 aromatic rings. The van der Waals surface area contributed by atoms with Crippen molar-refractivity contribution < 1.29 is 9.53 Å². The largest absolute Gasteiger partial charge is 0.492 e. The van der Waals surface area contributed by atoms with Crippen molar-refractivity contribution in [3.63, 3.8) is 0 Å². The predicted octanol–water partition coefficient (Wildman–Crippen LogP) is 3.26. The second kappa shape index (κ2) is 6.22. The predicted molar refractivity (Wildman–Crippen MR) is 82.8 cm³/mol. The third kappa shape index (κ3) is 3.28. The molecule has 0 aliphatic heterocycles. The van der Waals surface area contributed by atoms with E-state index < -0.39 is 0 Å². The van der Waals surface area contributed by atoms with Crippen LogP contribution in [0.2, 0.25) is 0 Å². The monoisotopic (exact) mass is 336 g/mol. The first-order valence-corrected chi connectivity index (χ1v) is 7.26. The van der Waals surface area contributed by atoms with Crippen LogP contribution in [0.1, 0.15) is 24.1 Å². The highest BCUT2D eigenvalue weighted by Gasteiger charge is 2.10. The number of halogens is 1. The number of nitrogens with zero attached hydrogens (tertiary/aromatic N) is 1. The molecule has 0 unspecified atom stereocenters. The number of carbonyl (C=O) groups is 1. The molecule has 0 aliphatic carbocycles. The van der Waals surface area contributed by atoms with Gasteiger partial charge in [-0.2, -0.15) is 0 Å². The molecule has 0 atom stereocenters. The molecule has 1 heterocycles. The van der Waals surface area contributed by atoms with Gasteiger partial charge in [-0.25, -0.2) is 0 Å². The van der Waals surface area contributed by atoms with Gasteiger partial charge < -0.3 is 10.5 Å². The summed E-state index contributed by atoms with van der Waals surface area (Å²) >= 11 is 3.58. The van der Waals surface area contributed by atoms with Gasteiger partial charge in [0.05, 0.1) is 16.6 Å². The number of nitrogens with two attached hydrogens (primary N) is 1. The van der Waals surface area contributed by atoms with Gasteiger partial charge in [0.25, 0.3) is 0 Å². The molecule has 0 saturated carbocycles. The minimum absolute atomic E-state index is 0.304. The lowest BCUT2D eigenvalue weighted by Crippen LogP contribution is -2.11. The second-order valence-corrected chi connectivity index (χ2v) is 5.56. The van der Waals surface area contributed by atoms with Gasteiger partial charge in [-0.3, -0.25) is 9.78 Å². The van der Waals surface area contributed by atoms with E-state index in [1.807, 2.05) is 25.1 Å². The first-order valence-electron chi connectivity index (χ1n) is 6.46. The lowest BCUT2D eigenvalue weighted by atomic mass is 10.1. The molecule has 2 rings (SSSR count). The number of aryl methyl sites for hydroxylation is 2. The molecule has 1 aromatic carbocycles. The average molecular weight is 337 g/mol. The zero-order valence-electron chi connectivity index (χ0n) is 11.6. The van der Waals surface area contributed by atoms with Crippen molar-refractivity contribution in [3.8, 4) is 5.75 Å². The Hall–Kier alpha value is -1.62. The Morgan fingerprint density at radius 2 is 2.15 bits per heavy atom. The van der Waals surface area contributed by atoms with Gasteiger partial charge in [0.2, 0.25) is 5.91 Å². The second-order valence-electron chi connectivity index (χ2n) is 4.77. The van der Waals surface area contributed by atoms with Crippen LogP contribution in [0.4, 0.5) is 0 Å². The summed E-state index contributed by atoms with van der Waals surface area (Å²) in [7, 11) is 0. The Kier molecular flexibility index (Phi) is 4.60. The van der Waals surface area contributed by atoms with Crippen molar-refractivity contribution in [1.82, 2.24) is 4.98 Å². The minimum atomic E-state index is -0.304. The molecule has 0 spiro atoms. The van der Waals surface area contributed by atoms with Crippen molar-refractivity contribution in [3.05, 3.63) is 33.9 Å². The normalized spacial score (nSPS) is 10.8. The molecular formula is C15H17BrN2O2. The van der Waals surface area contributed by atoms with Crippen molar-refractivity contribution in [2.45, 2.75) is 26.7 Å². The molecule has 0 aliphatic rings. The molecule has 0 fully saturated rings. The first kappa shape index (κ1) is 14.8. The van der Waals surface area contributed by atoms with Crippen LogP contribution in [0, 0.1) is 13.8 Å². The van der Waals surface area contributed by atoms with Crippen molar-refractivity contribution in [1.29, 1.82) is 0 Å². The molecule has 2 N–H and O–H groups in total. The van der Waals surface area contributed by atoms with Crippen LogP contribution in [-0.2, 0) is 4.79 Å². The fourth-order valence-corrected chi connectivity index (χ4v) is 2.93. The number of benzene rings is 1. The summed E-state index contributed by atoms with van der Waals surface area (Å²) in [6.07, 6.45) is 0.954. The average Bonchev–Trinajstić information content (AvgIpc) is 2.35. The number of hydrogen-bond donors (Lipinski definition) is 1. The van der Waals surface area contributed by atoms with E-state index in [2.05, 4.69) is 27.8 Å². The Labute approximate surface area is 126 Å². The smallest absolute Gasteiger partial charge is 0.217 e. The third-order valence-electron chi connectivity index (χ3n) is 3.03. The summed E-state index contributed by atoms with van der Waals surface area (Å²) in [4.78, 5) is 15.2. The van der Waals surface area contributed by atoms with Gasteiger partial charge in [0, 0.05) is 17.5 Å². The van der Waals surface area contributed by atoms with E-state index in [1.54, 1.807) is 0 Å². The third-order valence-corrected chi connectivity index (χ3v) is 3.81. The SMILES string of the molecule is Cc1cc(C)c2c(Br)c(OCCCC(N)=O)ccc2n1. The van der Waals surface area contributed by atoms with Crippen LogP contribution >= 0.6 is 15.9 Å². The summed E-state index contributed by atoms with van der Waals surface area (Å²) in [5.74, 6) is 0.456. The zero-order chi connectivity index (χ0) is 14.7. The molecular weight excluding hydrogens is 320 g/mol. The molecule has 106 valence electrons. The first-order chi connectivity index (χ1) is 9.49. The Morgan fingerprint density at radius 3 is 2.85 bits per heavy atom. The molecule has 1 aromatic heterocycles. The highest BCUT2D eigenvalue weighted by molar-refractivity contribution is 9.10. The fourth-order valence-electron chi connectivity index (χ4n) is 2.16. The maximum absolute atomic E-state index is 10.7. The van der Waals surface area contributed by atoms with E-state index >= 15 is 0 Å². The van der Waals surface area contributed by atoms with Gasteiger partial charge in [-0.15, -0.1) is 0 Å². The van der Waals surface area contributed by atoms with Gasteiger partial charge in [-0.1, -0.05) is 0 Å². The van der Waals surface area contributed by atoms with Crippen LogP contribution < -0.4 is 10.5 Å². The summed E-state index contributed by atoms with van der Waals surface area (Å²) in [6.45, 7) is 4.50. The van der Waals surface area contributed by atoms with Crippen molar-refractivity contribution in [2.75, 3.05) is 6.61 Å². The van der Waals surface area contributed by atoms with Gasteiger partial charge >= 0.3 is 0 Å². The number of amides is 1. The highest BCUT2D eigenvalue weighted by Crippen LogP contribution is 2.34. The summed E-state index contributed by atoms with van der Waals surface area (Å²) in [5.41, 5.74) is 8.19. The lowest BCUT2D eigenvalue weighted by molar-refractivity contribution is -0.118. The fraction of sp³-hybridized carbons (Fsp3) is 0.333. The van der Waals surface area contributed by atoms with E-state index in [0.29, 0.717) is 19.4 Å². The Balaban J connectivity index is 2.23. The number of hydrogen-bond acceptors (Lipinski definition) is 3.